The number of halogens is 1. The van der Waals surface area contributed by atoms with Crippen molar-refractivity contribution in [3.63, 3.8) is 0 Å². The van der Waals surface area contributed by atoms with Gasteiger partial charge < -0.3 is 14.4 Å². The third-order valence-electron chi connectivity index (χ3n) is 6.60. The van der Waals surface area contributed by atoms with Crippen molar-refractivity contribution in [2.24, 2.45) is 0 Å². The van der Waals surface area contributed by atoms with Crippen LogP contribution in [-0.4, -0.2) is 46.0 Å². The van der Waals surface area contributed by atoms with Gasteiger partial charge in [-0.25, -0.2) is 4.98 Å². The maximum atomic E-state index is 14.0. The Morgan fingerprint density at radius 2 is 1.85 bits per heavy atom. The number of carbonyl (C=O) groups is 1. The molecule has 4 aromatic rings. The Kier molecular flexibility index (Phi) is 9.18. The third kappa shape index (κ3) is 6.14. The minimum absolute atomic E-state index is 0.0320. The lowest BCUT2D eigenvalue weighted by atomic mass is 10.1. The Balaban J connectivity index is 1.85. The van der Waals surface area contributed by atoms with E-state index in [9.17, 15) is 19.7 Å². The number of amides is 1. The van der Waals surface area contributed by atoms with Crippen molar-refractivity contribution >= 4 is 44.5 Å². The minimum atomic E-state index is -0.620. The number of nitro groups is 1. The summed E-state index contributed by atoms with van der Waals surface area (Å²) in [5.74, 6) is 1.00. The van der Waals surface area contributed by atoms with Crippen molar-refractivity contribution < 1.29 is 19.2 Å². The quantitative estimate of drug-likeness (QED) is 0.120. The largest absolute Gasteiger partial charge is 0.497 e. The van der Waals surface area contributed by atoms with Gasteiger partial charge in [-0.15, -0.1) is 0 Å². The Hall–Kier alpha value is -4.51. The molecule has 1 atom stereocenters. The highest BCUT2D eigenvalue weighted by atomic mass is 79.9. The fourth-order valence-electron chi connectivity index (χ4n) is 4.50. The lowest BCUT2D eigenvalue weighted by Crippen LogP contribution is -2.37. The van der Waals surface area contributed by atoms with E-state index in [1.54, 1.807) is 59.5 Å². The van der Waals surface area contributed by atoms with Gasteiger partial charge in [0.05, 0.1) is 46.2 Å². The number of hydrogen-bond donors (Lipinski definition) is 0. The topological polar surface area (TPSA) is 117 Å². The van der Waals surface area contributed by atoms with Crippen molar-refractivity contribution in [1.82, 2.24) is 14.5 Å². The minimum Gasteiger partial charge on any atom is -0.497 e. The second kappa shape index (κ2) is 12.8. The summed E-state index contributed by atoms with van der Waals surface area (Å²) in [5, 5.41) is 11.4. The van der Waals surface area contributed by atoms with Crippen molar-refractivity contribution in [3.05, 3.63) is 103 Å². The van der Waals surface area contributed by atoms with Crippen molar-refractivity contribution in [1.29, 1.82) is 0 Å². The predicted molar refractivity (Wildman–Crippen MR) is 161 cm³/mol. The monoisotopic (exact) mass is 620 g/mol. The summed E-state index contributed by atoms with van der Waals surface area (Å²) < 4.78 is 13.0. The van der Waals surface area contributed by atoms with Crippen LogP contribution in [0.4, 0.5) is 5.69 Å². The number of non-ortho nitro benzene ring substituents is 1. The standard InChI is InChI=1S/C30H29BrN4O6/c1-5-16-33(27(36)15-12-20-10-13-21(14-11-20)35(38)39)19(2)29-32-24-9-7-6-8-23(24)30(37)34(29)25-17-22(40-3)18-26(41-4)28(25)31/h6-15,17-19H,5,16H2,1-4H3. The van der Waals surface area contributed by atoms with E-state index >= 15 is 0 Å². The van der Waals surface area contributed by atoms with Gasteiger partial charge in [-0.2, -0.15) is 0 Å². The zero-order chi connectivity index (χ0) is 29.7. The normalized spacial score (nSPS) is 11.9. The summed E-state index contributed by atoms with van der Waals surface area (Å²) in [5.41, 5.74) is 1.26. The predicted octanol–water partition coefficient (Wildman–Crippen LogP) is 6.09. The summed E-state index contributed by atoms with van der Waals surface area (Å²) in [4.78, 5) is 44.5. The molecule has 41 heavy (non-hydrogen) atoms. The molecule has 0 aliphatic rings. The Bertz CT molecular complexity index is 1680. The molecule has 10 nitrogen and oxygen atoms in total. The molecule has 1 heterocycles. The van der Waals surface area contributed by atoms with Crippen LogP contribution in [0, 0.1) is 10.1 Å². The summed E-state index contributed by atoms with van der Waals surface area (Å²) in [6, 6.07) is 15.8. The Morgan fingerprint density at radius 1 is 1.15 bits per heavy atom. The first-order chi connectivity index (χ1) is 19.7. The number of nitro benzene ring substituents is 1. The number of ether oxygens (including phenoxy) is 2. The SMILES string of the molecule is CCCN(C(=O)C=Cc1ccc([N+](=O)[O-])cc1)C(C)c1nc2ccccc2c(=O)n1-c1cc(OC)cc(OC)c1Br. The number of hydrogen-bond acceptors (Lipinski definition) is 7. The molecule has 0 N–H and O–H groups in total. The van der Waals surface area contributed by atoms with Gasteiger partial charge in [-0.1, -0.05) is 19.1 Å². The molecule has 4 rings (SSSR count). The van der Waals surface area contributed by atoms with E-state index < -0.39 is 11.0 Å². The van der Waals surface area contributed by atoms with Gasteiger partial charge in [0.1, 0.15) is 17.3 Å². The summed E-state index contributed by atoms with van der Waals surface area (Å²) in [6.45, 7) is 4.18. The van der Waals surface area contributed by atoms with Crippen LogP contribution in [0.25, 0.3) is 22.7 Å². The second-order valence-electron chi connectivity index (χ2n) is 9.18. The van der Waals surface area contributed by atoms with Crippen LogP contribution in [0.1, 0.15) is 37.7 Å². The summed E-state index contributed by atoms with van der Waals surface area (Å²) in [7, 11) is 3.05. The maximum Gasteiger partial charge on any atom is 0.269 e. The van der Waals surface area contributed by atoms with E-state index in [1.165, 1.54) is 37.0 Å². The fraction of sp³-hybridized carbons (Fsp3) is 0.233. The van der Waals surface area contributed by atoms with Crippen LogP contribution in [0.2, 0.25) is 0 Å². The number of carbonyl (C=O) groups excluding carboxylic acids is 1. The van der Waals surface area contributed by atoms with Gasteiger partial charge in [-0.3, -0.25) is 24.3 Å². The molecule has 0 spiro atoms. The number of rotatable bonds is 10. The van der Waals surface area contributed by atoms with Gasteiger partial charge in [0.25, 0.3) is 11.2 Å². The molecule has 0 saturated heterocycles. The van der Waals surface area contributed by atoms with Crippen LogP contribution in [0.15, 0.2) is 76.0 Å². The molecule has 0 bridgehead atoms. The lowest BCUT2D eigenvalue weighted by molar-refractivity contribution is -0.384. The first kappa shape index (κ1) is 29.5. The molecule has 0 radical (unpaired) electrons. The molecule has 1 amide bonds. The molecule has 1 aromatic heterocycles. The fourth-order valence-corrected chi connectivity index (χ4v) is 5.06. The first-order valence-corrected chi connectivity index (χ1v) is 13.7. The molecule has 212 valence electrons. The maximum absolute atomic E-state index is 14.0. The Morgan fingerprint density at radius 3 is 2.49 bits per heavy atom. The zero-order valence-corrected chi connectivity index (χ0v) is 24.6. The van der Waals surface area contributed by atoms with E-state index in [2.05, 4.69) is 15.9 Å². The van der Waals surface area contributed by atoms with Crippen molar-refractivity contribution in [3.8, 4) is 17.2 Å². The average Bonchev–Trinajstić information content (AvgIpc) is 2.98. The number of benzene rings is 3. The highest BCUT2D eigenvalue weighted by Crippen LogP contribution is 2.37. The van der Waals surface area contributed by atoms with Crippen molar-refractivity contribution in [2.75, 3.05) is 20.8 Å². The lowest BCUT2D eigenvalue weighted by Gasteiger charge is -2.30. The molecule has 0 saturated carbocycles. The number of nitrogens with zero attached hydrogens (tertiary/aromatic N) is 4. The van der Waals surface area contributed by atoms with E-state index in [1.807, 2.05) is 13.8 Å². The molecule has 11 heteroatoms. The van der Waals surface area contributed by atoms with Crippen LogP contribution in [-0.2, 0) is 4.79 Å². The number of aromatic nitrogens is 2. The Labute approximate surface area is 245 Å². The molecule has 0 aliphatic carbocycles. The van der Waals surface area contributed by atoms with Crippen LogP contribution < -0.4 is 15.0 Å². The van der Waals surface area contributed by atoms with E-state index in [0.29, 0.717) is 56.9 Å². The smallest absolute Gasteiger partial charge is 0.269 e. The van der Waals surface area contributed by atoms with Crippen molar-refractivity contribution in [2.45, 2.75) is 26.3 Å². The van der Waals surface area contributed by atoms with Gasteiger partial charge >= 0.3 is 0 Å². The highest BCUT2D eigenvalue weighted by molar-refractivity contribution is 9.10. The zero-order valence-electron chi connectivity index (χ0n) is 23.0. The molecule has 1 unspecified atom stereocenters. The van der Waals surface area contributed by atoms with Crippen LogP contribution >= 0.6 is 15.9 Å². The van der Waals surface area contributed by atoms with E-state index in [-0.39, 0.29) is 17.2 Å². The summed E-state index contributed by atoms with van der Waals surface area (Å²) >= 11 is 3.58. The molecule has 0 aliphatic heterocycles. The first-order valence-electron chi connectivity index (χ1n) is 12.9. The summed E-state index contributed by atoms with van der Waals surface area (Å²) in [6.07, 6.45) is 3.68. The van der Waals surface area contributed by atoms with Crippen LogP contribution in [0.3, 0.4) is 0 Å². The van der Waals surface area contributed by atoms with E-state index in [0.717, 1.165) is 0 Å². The van der Waals surface area contributed by atoms with Gasteiger partial charge in [0, 0.05) is 36.9 Å². The number of fused-ring (bicyclic) bond motifs is 1. The molecular formula is C30H29BrN4O6. The molecule has 0 fully saturated rings. The highest BCUT2D eigenvalue weighted by Gasteiger charge is 2.27. The van der Waals surface area contributed by atoms with Gasteiger partial charge in [0.2, 0.25) is 5.91 Å². The average molecular weight is 621 g/mol. The molecular weight excluding hydrogens is 592 g/mol. The second-order valence-corrected chi connectivity index (χ2v) is 9.97. The number of methoxy groups -OCH3 is 2. The van der Waals surface area contributed by atoms with Gasteiger partial charge in [0.15, 0.2) is 0 Å². The van der Waals surface area contributed by atoms with Crippen LogP contribution in [0.5, 0.6) is 11.5 Å². The molecule has 3 aromatic carbocycles. The van der Waals surface area contributed by atoms with Gasteiger partial charge in [-0.05, 0) is 65.2 Å². The van der Waals surface area contributed by atoms with E-state index in [4.69, 9.17) is 14.5 Å². The number of para-hydroxylation sites is 1. The third-order valence-corrected chi connectivity index (χ3v) is 7.40.